The van der Waals surface area contributed by atoms with Gasteiger partial charge in [0.2, 0.25) is 0 Å². The van der Waals surface area contributed by atoms with Gasteiger partial charge in [0, 0.05) is 18.0 Å². The van der Waals surface area contributed by atoms with E-state index in [1.54, 1.807) is 16.7 Å². The van der Waals surface area contributed by atoms with Crippen molar-refractivity contribution in [2.45, 2.75) is 17.8 Å². The Morgan fingerprint density at radius 3 is 2.66 bits per heavy atom. The van der Waals surface area contributed by atoms with E-state index in [-0.39, 0.29) is 22.3 Å². The van der Waals surface area contributed by atoms with Gasteiger partial charge in [0.15, 0.2) is 10.8 Å². The van der Waals surface area contributed by atoms with E-state index in [1.165, 1.54) is 28.5 Å². The molecule has 0 aliphatic heterocycles. The van der Waals surface area contributed by atoms with Gasteiger partial charge in [0.25, 0.3) is 11.1 Å². The average molecular weight is 440 g/mol. The van der Waals surface area contributed by atoms with E-state index in [4.69, 9.17) is 4.98 Å². The maximum absolute atomic E-state index is 13.3. The molecule has 0 bridgehead atoms. The van der Waals surface area contributed by atoms with E-state index >= 15 is 0 Å². The zero-order valence-electron chi connectivity index (χ0n) is 16.9. The molecule has 0 saturated carbocycles. The Morgan fingerprint density at radius 2 is 1.88 bits per heavy atom. The Hall–Kier alpha value is -4.16. The normalized spacial score (nSPS) is 11.1. The lowest BCUT2D eigenvalue weighted by Crippen LogP contribution is -2.22. The van der Waals surface area contributed by atoms with E-state index in [2.05, 4.69) is 10.1 Å². The number of hydrogen-bond acceptors (Lipinski definition) is 6. The molecular formula is C23H16N6O2S. The summed E-state index contributed by atoms with van der Waals surface area (Å²) in [7, 11) is 0. The van der Waals surface area contributed by atoms with Crippen molar-refractivity contribution in [3.8, 4) is 11.8 Å². The van der Waals surface area contributed by atoms with E-state index < -0.39 is 0 Å². The fraction of sp³-hybridized carbons (Fsp3) is 0.0870. The molecule has 0 aliphatic carbocycles. The Kier molecular flexibility index (Phi) is 4.84. The van der Waals surface area contributed by atoms with Crippen molar-refractivity contribution in [1.82, 2.24) is 24.1 Å². The lowest BCUT2D eigenvalue weighted by molar-refractivity contribution is 0.818. The van der Waals surface area contributed by atoms with E-state index in [0.29, 0.717) is 33.2 Å². The zero-order valence-corrected chi connectivity index (χ0v) is 17.8. The second-order valence-electron chi connectivity index (χ2n) is 7.22. The molecule has 0 radical (unpaired) electrons. The number of thioether (sulfide) groups is 1. The standard InChI is InChI=1S/C23H16N6O2S/c1-14-6-8-17(9-7-14)28-22(31)18-4-2-3-5-19(18)27-23(28)32-13-16-10-20(30)29-21(26-16)15(11-24)12-25-29/h2-10,12,25H,13H2,1H3. The summed E-state index contributed by atoms with van der Waals surface area (Å²) < 4.78 is 2.80. The first-order valence-corrected chi connectivity index (χ1v) is 10.8. The highest BCUT2D eigenvalue weighted by atomic mass is 32.2. The van der Waals surface area contributed by atoms with Crippen LogP contribution in [0.2, 0.25) is 0 Å². The Labute approximate surface area is 185 Å². The molecule has 8 nitrogen and oxygen atoms in total. The van der Waals surface area contributed by atoms with Crippen molar-refractivity contribution in [3.05, 3.63) is 98.3 Å². The molecule has 3 heterocycles. The van der Waals surface area contributed by atoms with Gasteiger partial charge < -0.3 is 0 Å². The van der Waals surface area contributed by atoms with Crippen LogP contribution in [0.15, 0.2) is 75.5 Å². The third-order valence-corrected chi connectivity index (χ3v) is 6.03. The second kappa shape index (κ2) is 7.83. The molecule has 0 saturated heterocycles. The first kappa shape index (κ1) is 19.8. The van der Waals surface area contributed by atoms with Crippen molar-refractivity contribution in [3.63, 3.8) is 0 Å². The molecule has 3 aromatic heterocycles. The molecule has 0 amide bonds. The molecule has 0 aliphatic rings. The predicted molar refractivity (Wildman–Crippen MR) is 122 cm³/mol. The second-order valence-corrected chi connectivity index (χ2v) is 8.16. The van der Waals surface area contributed by atoms with Gasteiger partial charge in [-0.3, -0.25) is 19.3 Å². The minimum atomic E-state index is -0.311. The van der Waals surface area contributed by atoms with Gasteiger partial charge in [-0.1, -0.05) is 41.6 Å². The quantitative estimate of drug-likeness (QED) is 0.340. The highest BCUT2D eigenvalue weighted by molar-refractivity contribution is 7.98. The van der Waals surface area contributed by atoms with Crippen LogP contribution in [0.25, 0.3) is 22.2 Å². The molecule has 32 heavy (non-hydrogen) atoms. The topological polar surface area (TPSA) is 109 Å². The number of para-hydroxylation sites is 1. The van der Waals surface area contributed by atoms with Crippen molar-refractivity contribution in [2.24, 2.45) is 0 Å². The molecule has 0 spiro atoms. The van der Waals surface area contributed by atoms with Crippen LogP contribution in [0.5, 0.6) is 0 Å². The molecule has 5 aromatic rings. The molecule has 9 heteroatoms. The summed E-state index contributed by atoms with van der Waals surface area (Å²) in [6, 6.07) is 18.3. The number of aryl methyl sites for hydroxylation is 1. The van der Waals surface area contributed by atoms with Crippen LogP contribution in [0, 0.1) is 18.3 Å². The zero-order chi connectivity index (χ0) is 22.2. The maximum Gasteiger partial charge on any atom is 0.272 e. The average Bonchev–Trinajstić information content (AvgIpc) is 3.22. The van der Waals surface area contributed by atoms with Gasteiger partial charge in [-0.15, -0.1) is 0 Å². The number of H-pyrrole nitrogens is 1. The largest absolute Gasteiger partial charge is 0.295 e. The minimum Gasteiger partial charge on any atom is -0.295 e. The lowest BCUT2D eigenvalue weighted by atomic mass is 10.2. The van der Waals surface area contributed by atoms with Crippen LogP contribution in [-0.4, -0.2) is 24.1 Å². The third kappa shape index (κ3) is 3.36. The smallest absolute Gasteiger partial charge is 0.272 e. The van der Waals surface area contributed by atoms with Gasteiger partial charge in [0.05, 0.1) is 22.3 Å². The van der Waals surface area contributed by atoms with Crippen molar-refractivity contribution < 1.29 is 0 Å². The van der Waals surface area contributed by atoms with Crippen molar-refractivity contribution in [1.29, 1.82) is 5.26 Å². The number of fused-ring (bicyclic) bond motifs is 2. The Morgan fingerprint density at radius 1 is 1.09 bits per heavy atom. The van der Waals surface area contributed by atoms with Gasteiger partial charge in [0.1, 0.15) is 11.6 Å². The number of hydrogen-bond donors (Lipinski definition) is 1. The molecule has 2 aromatic carbocycles. The van der Waals surface area contributed by atoms with Gasteiger partial charge in [-0.05, 0) is 31.2 Å². The number of aromatic amines is 1. The molecule has 0 atom stereocenters. The highest BCUT2D eigenvalue weighted by Crippen LogP contribution is 2.24. The minimum absolute atomic E-state index is 0.164. The van der Waals surface area contributed by atoms with Gasteiger partial charge >= 0.3 is 0 Å². The summed E-state index contributed by atoms with van der Waals surface area (Å²) in [6.07, 6.45) is 1.45. The highest BCUT2D eigenvalue weighted by Gasteiger charge is 2.15. The maximum atomic E-state index is 13.3. The first-order chi connectivity index (χ1) is 15.5. The molecular weight excluding hydrogens is 424 g/mol. The first-order valence-electron chi connectivity index (χ1n) is 9.77. The summed E-state index contributed by atoms with van der Waals surface area (Å²) in [6.45, 7) is 1.98. The molecule has 156 valence electrons. The summed E-state index contributed by atoms with van der Waals surface area (Å²) in [5, 5.41) is 13.0. The van der Waals surface area contributed by atoms with Crippen LogP contribution in [-0.2, 0) is 5.75 Å². The van der Waals surface area contributed by atoms with Crippen LogP contribution >= 0.6 is 11.8 Å². The van der Waals surface area contributed by atoms with E-state index in [0.717, 1.165) is 5.56 Å². The van der Waals surface area contributed by atoms with Crippen molar-refractivity contribution >= 4 is 28.3 Å². The fourth-order valence-electron chi connectivity index (χ4n) is 3.45. The van der Waals surface area contributed by atoms with Crippen LogP contribution in [0.4, 0.5) is 0 Å². The summed E-state index contributed by atoms with van der Waals surface area (Å²) >= 11 is 1.31. The van der Waals surface area contributed by atoms with Gasteiger partial charge in [-0.2, -0.15) is 5.26 Å². The monoisotopic (exact) mass is 440 g/mol. The van der Waals surface area contributed by atoms with Crippen molar-refractivity contribution in [2.75, 3.05) is 0 Å². The third-order valence-electron chi connectivity index (χ3n) is 5.06. The fourth-order valence-corrected chi connectivity index (χ4v) is 4.36. The number of nitrogens with zero attached hydrogens (tertiary/aromatic N) is 5. The number of benzene rings is 2. The molecule has 1 N–H and O–H groups in total. The predicted octanol–water partition coefficient (Wildman–Crippen LogP) is 3.19. The number of rotatable bonds is 4. The van der Waals surface area contributed by atoms with E-state index in [9.17, 15) is 14.9 Å². The molecule has 0 fully saturated rings. The Bertz CT molecular complexity index is 1640. The molecule has 0 unspecified atom stereocenters. The van der Waals surface area contributed by atoms with E-state index in [1.807, 2.05) is 49.4 Å². The SMILES string of the molecule is Cc1ccc(-n2c(SCc3cc(=O)n4[nH]cc(C#N)c4n3)nc3ccccc3c2=O)cc1. The number of nitrogens with one attached hydrogen (secondary N) is 1. The summed E-state index contributed by atoms with van der Waals surface area (Å²) in [4.78, 5) is 34.9. The Balaban J connectivity index is 1.61. The van der Waals surface area contributed by atoms with Gasteiger partial charge in [-0.25, -0.2) is 14.5 Å². The summed E-state index contributed by atoms with van der Waals surface area (Å²) in [5.41, 5.74) is 2.98. The summed E-state index contributed by atoms with van der Waals surface area (Å²) in [5.74, 6) is 0.304. The van der Waals surface area contributed by atoms with Crippen LogP contribution in [0.1, 0.15) is 16.8 Å². The van der Waals surface area contributed by atoms with Crippen LogP contribution < -0.4 is 11.1 Å². The molecule has 5 rings (SSSR count). The van der Waals surface area contributed by atoms with Crippen LogP contribution in [0.3, 0.4) is 0 Å². The number of aromatic nitrogens is 5. The lowest BCUT2D eigenvalue weighted by Gasteiger charge is -2.13. The number of nitriles is 1.